The SMILES string of the molecule is Cc1ccc(N2C[C@H](C(=O)Nc3cccc(OC(C)C)c3)CC2=O)cc1. The zero-order valence-corrected chi connectivity index (χ0v) is 15.4. The number of hydrogen-bond acceptors (Lipinski definition) is 3. The van der Waals surface area contributed by atoms with E-state index in [0.29, 0.717) is 18.0 Å². The van der Waals surface area contributed by atoms with Crippen molar-refractivity contribution in [2.75, 3.05) is 16.8 Å². The van der Waals surface area contributed by atoms with Gasteiger partial charge in [0.15, 0.2) is 0 Å². The van der Waals surface area contributed by atoms with Gasteiger partial charge in [0.1, 0.15) is 5.75 Å². The fourth-order valence-corrected chi connectivity index (χ4v) is 3.02. The standard InChI is InChI=1S/C21H24N2O3/c1-14(2)26-19-6-4-5-17(12-19)22-21(25)16-11-20(24)23(13-16)18-9-7-15(3)8-10-18/h4-10,12,14,16H,11,13H2,1-3H3,(H,22,25)/t16-/m1/s1. The van der Waals surface area contributed by atoms with Gasteiger partial charge < -0.3 is 15.0 Å². The second kappa shape index (κ2) is 7.60. The topological polar surface area (TPSA) is 58.6 Å². The maximum atomic E-state index is 12.6. The molecule has 3 rings (SSSR count). The van der Waals surface area contributed by atoms with Crippen LogP contribution in [-0.2, 0) is 9.59 Å². The summed E-state index contributed by atoms with van der Waals surface area (Å²) in [5.41, 5.74) is 2.65. The molecule has 0 bridgehead atoms. The number of carbonyl (C=O) groups is 2. The molecule has 2 aromatic rings. The van der Waals surface area contributed by atoms with E-state index in [4.69, 9.17) is 4.74 Å². The molecule has 5 nitrogen and oxygen atoms in total. The fraction of sp³-hybridized carbons (Fsp3) is 0.333. The molecular weight excluding hydrogens is 328 g/mol. The van der Waals surface area contributed by atoms with Gasteiger partial charge in [-0.3, -0.25) is 9.59 Å². The molecule has 0 unspecified atom stereocenters. The summed E-state index contributed by atoms with van der Waals surface area (Å²) in [5.74, 6) is 0.181. The molecule has 1 atom stereocenters. The zero-order valence-electron chi connectivity index (χ0n) is 15.4. The van der Waals surface area contributed by atoms with Crippen molar-refractivity contribution in [2.45, 2.75) is 33.3 Å². The molecule has 2 amide bonds. The maximum Gasteiger partial charge on any atom is 0.229 e. The number of hydrogen-bond donors (Lipinski definition) is 1. The first-order valence-corrected chi connectivity index (χ1v) is 8.87. The van der Waals surface area contributed by atoms with Crippen molar-refractivity contribution < 1.29 is 14.3 Å². The van der Waals surface area contributed by atoms with Crippen LogP contribution in [0.2, 0.25) is 0 Å². The summed E-state index contributed by atoms with van der Waals surface area (Å²) in [6.45, 7) is 6.31. The number of amides is 2. The number of ether oxygens (including phenoxy) is 1. The molecule has 1 fully saturated rings. The van der Waals surface area contributed by atoms with E-state index in [-0.39, 0.29) is 30.3 Å². The summed E-state index contributed by atoms with van der Waals surface area (Å²) in [4.78, 5) is 26.6. The molecule has 1 aliphatic rings. The number of benzene rings is 2. The predicted octanol–water partition coefficient (Wildman–Crippen LogP) is 3.77. The lowest BCUT2D eigenvalue weighted by molar-refractivity contribution is -0.122. The average Bonchev–Trinajstić information content (AvgIpc) is 2.97. The van der Waals surface area contributed by atoms with Crippen molar-refractivity contribution in [1.82, 2.24) is 0 Å². The third-order valence-electron chi connectivity index (χ3n) is 4.31. The first-order chi connectivity index (χ1) is 12.4. The normalized spacial score (nSPS) is 16.8. The van der Waals surface area contributed by atoms with Crippen LogP contribution in [0.15, 0.2) is 48.5 Å². The molecule has 0 aromatic heterocycles. The van der Waals surface area contributed by atoms with Crippen molar-refractivity contribution in [3.05, 3.63) is 54.1 Å². The van der Waals surface area contributed by atoms with Crippen LogP contribution in [-0.4, -0.2) is 24.5 Å². The van der Waals surface area contributed by atoms with Crippen molar-refractivity contribution in [2.24, 2.45) is 5.92 Å². The first kappa shape index (κ1) is 18.0. The second-order valence-electron chi connectivity index (χ2n) is 6.92. The summed E-state index contributed by atoms with van der Waals surface area (Å²) in [6, 6.07) is 15.1. The lowest BCUT2D eigenvalue weighted by Crippen LogP contribution is -2.28. The number of nitrogens with one attached hydrogen (secondary N) is 1. The molecule has 0 saturated carbocycles. The molecule has 2 aromatic carbocycles. The molecule has 1 heterocycles. The van der Waals surface area contributed by atoms with Gasteiger partial charge in [-0.25, -0.2) is 0 Å². The van der Waals surface area contributed by atoms with Gasteiger partial charge in [-0.1, -0.05) is 23.8 Å². The quantitative estimate of drug-likeness (QED) is 0.891. The summed E-state index contributed by atoms with van der Waals surface area (Å²) in [6.07, 6.45) is 0.290. The Kier molecular flexibility index (Phi) is 5.26. The fourth-order valence-electron chi connectivity index (χ4n) is 3.02. The zero-order chi connectivity index (χ0) is 18.7. The Hall–Kier alpha value is -2.82. The molecule has 5 heteroatoms. The second-order valence-corrected chi connectivity index (χ2v) is 6.92. The van der Waals surface area contributed by atoms with Crippen LogP contribution in [0.25, 0.3) is 0 Å². The minimum Gasteiger partial charge on any atom is -0.491 e. The Morgan fingerprint density at radius 2 is 1.92 bits per heavy atom. The van der Waals surface area contributed by atoms with E-state index in [2.05, 4.69) is 5.32 Å². The minimum atomic E-state index is -0.363. The van der Waals surface area contributed by atoms with E-state index >= 15 is 0 Å². The van der Waals surface area contributed by atoms with Crippen LogP contribution in [0.3, 0.4) is 0 Å². The van der Waals surface area contributed by atoms with E-state index in [1.165, 1.54) is 0 Å². The van der Waals surface area contributed by atoms with Crippen molar-refractivity contribution in [1.29, 1.82) is 0 Å². The Morgan fingerprint density at radius 1 is 1.19 bits per heavy atom. The molecule has 1 aliphatic heterocycles. The van der Waals surface area contributed by atoms with E-state index in [9.17, 15) is 9.59 Å². The molecule has 26 heavy (non-hydrogen) atoms. The summed E-state index contributed by atoms with van der Waals surface area (Å²) in [5, 5.41) is 2.90. The molecule has 1 N–H and O–H groups in total. The molecule has 136 valence electrons. The monoisotopic (exact) mass is 352 g/mol. The molecule has 1 saturated heterocycles. The Balaban J connectivity index is 1.66. The number of aryl methyl sites for hydroxylation is 1. The van der Waals surface area contributed by atoms with Crippen molar-refractivity contribution in [3.8, 4) is 5.75 Å². The number of rotatable bonds is 5. The lowest BCUT2D eigenvalue weighted by Gasteiger charge is -2.17. The van der Waals surface area contributed by atoms with Crippen LogP contribution in [0.5, 0.6) is 5.75 Å². The van der Waals surface area contributed by atoms with E-state index < -0.39 is 0 Å². The van der Waals surface area contributed by atoms with Gasteiger partial charge in [-0.15, -0.1) is 0 Å². The Bertz CT molecular complexity index is 799. The number of anilines is 2. The smallest absolute Gasteiger partial charge is 0.229 e. The maximum absolute atomic E-state index is 12.6. The van der Waals surface area contributed by atoms with Crippen LogP contribution in [0.1, 0.15) is 25.8 Å². The average molecular weight is 352 g/mol. The number of nitrogens with zero attached hydrogens (tertiary/aromatic N) is 1. The van der Waals surface area contributed by atoms with Crippen LogP contribution < -0.4 is 15.0 Å². The molecular formula is C21H24N2O3. The highest BCUT2D eigenvalue weighted by atomic mass is 16.5. The highest BCUT2D eigenvalue weighted by Crippen LogP contribution is 2.27. The third kappa shape index (κ3) is 4.23. The largest absolute Gasteiger partial charge is 0.491 e. The van der Waals surface area contributed by atoms with Gasteiger partial charge in [0, 0.05) is 30.4 Å². The highest BCUT2D eigenvalue weighted by Gasteiger charge is 2.35. The van der Waals surface area contributed by atoms with Gasteiger partial charge in [0.25, 0.3) is 0 Å². The predicted molar refractivity (Wildman–Crippen MR) is 102 cm³/mol. The van der Waals surface area contributed by atoms with E-state index in [1.807, 2.05) is 63.2 Å². The van der Waals surface area contributed by atoms with E-state index in [1.54, 1.807) is 11.0 Å². The number of carbonyl (C=O) groups excluding carboxylic acids is 2. The molecule has 0 spiro atoms. The van der Waals surface area contributed by atoms with Crippen molar-refractivity contribution >= 4 is 23.2 Å². The third-order valence-corrected chi connectivity index (χ3v) is 4.31. The molecule has 0 radical (unpaired) electrons. The van der Waals surface area contributed by atoms with Gasteiger partial charge >= 0.3 is 0 Å². The molecule has 0 aliphatic carbocycles. The van der Waals surface area contributed by atoms with Gasteiger partial charge in [-0.2, -0.15) is 0 Å². The summed E-state index contributed by atoms with van der Waals surface area (Å²) >= 11 is 0. The van der Waals surface area contributed by atoms with Crippen LogP contribution >= 0.6 is 0 Å². The Morgan fingerprint density at radius 3 is 2.62 bits per heavy atom. The van der Waals surface area contributed by atoms with Gasteiger partial charge in [-0.05, 0) is 45.0 Å². The van der Waals surface area contributed by atoms with Crippen molar-refractivity contribution in [3.63, 3.8) is 0 Å². The summed E-state index contributed by atoms with van der Waals surface area (Å²) in [7, 11) is 0. The highest BCUT2D eigenvalue weighted by molar-refractivity contribution is 6.03. The van der Waals surface area contributed by atoms with Crippen LogP contribution in [0, 0.1) is 12.8 Å². The van der Waals surface area contributed by atoms with Crippen LogP contribution in [0.4, 0.5) is 11.4 Å². The minimum absolute atomic E-state index is 0.0223. The lowest BCUT2D eigenvalue weighted by atomic mass is 10.1. The first-order valence-electron chi connectivity index (χ1n) is 8.87. The van der Waals surface area contributed by atoms with E-state index in [0.717, 1.165) is 11.3 Å². The van der Waals surface area contributed by atoms with Gasteiger partial charge in [0.2, 0.25) is 11.8 Å². The summed E-state index contributed by atoms with van der Waals surface area (Å²) < 4.78 is 5.65. The van der Waals surface area contributed by atoms with Gasteiger partial charge in [0.05, 0.1) is 12.0 Å². The Labute approximate surface area is 154 Å².